The van der Waals surface area contributed by atoms with E-state index in [2.05, 4.69) is 33.0 Å². The van der Waals surface area contributed by atoms with Crippen molar-refractivity contribution < 1.29 is 19.1 Å². The third-order valence-corrected chi connectivity index (χ3v) is 8.00. The maximum atomic E-state index is 13.6. The average Bonchev–Trinajstić information content (AvgIpc) is 2.94. The van der Waals surface area contributed by atoms with Gasteiger partial charge in [-0.1, -0.05) is 91.9 Å². The van der Waals surface area contributed by atoms with Crippen molar-refractivity contribution in [2.45, 2.75) is 149 Å². The summed E-state index contributed by atoms with van der Waals surface area (Å²) in [5.74, 6) is 1.75. The predicted octanol–water partition coefficient (Wildman–Crippen LogP) is 9.46. The number of unbranched alkanes of at least 4 members (excludes halogenated alkanes) is 10. The van der Waals surface area contributed by atoms with Crippen LogP contribution in [0.15, 0.2) is 12.1 Å². The molecule has 0 aromatic heterocycles. The van der Waals surface area contributed by atoms with Crippen LogP contribution in [0.5, 0.6) is 11.5 Å². The largest absolute Gasteiger partial charge is 0.493 e. The number of ether oxygens (including phenoxy) is 2. The van der Waals surface area contributed by atoms with E-state index in [1.165, 1.54) is 32.1 Å². The predicted molar refractivity (Wildman–Crippen MR) is 162 cm³/mol. The summed E-state index contributed by atoms with van der Waals surface area (Å²) in [5, 5.41) is 3.25. The molecule has 1 N–H and O–H groups in total. The molecule has 0 spiro atoms. The first-order valence-electron chi connectivity index (χ1n) is 16.3. The van der Waals surface area contributed by atoms with Crippen molar-refractivity contribution in [3.63, 3.8) is 0 Å². The van der Waals surface area contributed by atoms with Crippen LogP contribution in [-0.4, -0.2) is 30.9 Å². The Labute approximate surface area is 239 Å². The first-order valence-corrected chi connectivity index (χ1v) is 16.3. The molecule has 5 nitrogen and oxygen atoms in total. The Morgan fingerprint density at radius 1 is 0.692 bits per heavy atom. The zero-order valence-corrected chi connectivity index (χ0v) is 25.6. The highest BCUT2D eigenvalue weighted by molar-refractivity contribution is 6.04. The van der Waals surface area contributed by atoms with E-state index in [9.17, 15) is 9.59 Å². The molecule has 0 heterocycles. The van der Waals surface area contributed by atoms with Gasteiger partial charge in [0.1, 0.15) is 11.5 Å². The molecule has 0 saturated heterocycles. The zero-order valence-electron chi connectivity index (χ0n) is 25.6. The number of carbonyl (C=O) groups excluding carboxylic acids is 2. The number of benzene rings is 1. The van der Waals surface area contributed by atoms with Crippen LogP contribution in [0.1, 0.15) is 164 Å². The number of rotatable bonds is 21. The number of hydrogen-bond acceptors (Lipinski definition) is 4. The van der Waals surface area contributed by atoms with Gasteiger partial charge in [-0.2, -0.15) is 0 Å². The molecule has 1 saturated carbocycles. The van der Waals surface area contributed by atoms with Gasteiger partial charge in [0.25, 0.3) is 5.91 Å². The molecule has 0 radical (unpaired) electrons. The molecule has 2 rings (SSSR count). The van der Waals surface area contributed by atoms with Crippen LogP contribution >= 0.6 is 0 Å². The standard InChI is InChI=1S/C34H57NO4/c1-5-8-11-14-17-24-38-32-26-33(39-23-16-13-10-7-3)30(25-29(32)31(36)18-15-12-9-6-2)34(37)35-28-21-19-27(4)20-22-28/h25-28H,5-24H2,1-4H3,(H,35,37). The van der Waals surface area contributed by atoms with Crippen molar-refractivity contribution in [3.8, 4) is 11.5 Å². The van der Waals surface area contributed by atoms with Crippen LogP contribution in [0, 0.1) is 5.92 Å². The topological polar surface area (TPSA) is 64.6 Å². The second-order valence-corrected chi connectivity index (χ2v) is 11.7. The molecule has 0 aliphatic heterocycles. The van der Waals surface area contributed by atoms with Gasteiger partial charge in [0.05, 0.1) is 24.3 Å². The number of Topliss-reactive ketones (excluding diaryl/α,β-unsaturated/α-hetero) is 1. The molecular weight excluding hydrogens is 486 g/mol. The summed E-state index contributed by atoms with van der Waals surface area (Å²) in [5.41, 5.74) is 0.997. The van der Waals surface area contributed by atoms with Crippen molar-refractivity contribution in [1.82, 2.24) is 5.32 Å². The van der Waals surface area contributed by atoms with Crippen LogP contribution in [-0.2, 0) is 0 Å². The Kier molecular flexibility index (Phi) is 16.9. The molecule has 1 aliphatic carbocycles. The molecule has 0 atom stereocenters. The number of amides is 1. The second kappa shape index (κ2) is 19.9. The number of ketones is 1. The number of hydrogen-bond donors (Lipinski definition) is 1. The van der Waals surface area contributed by atoms with Crippen LogP contribution in [0.25, 0.3) is 0 Å². The van der Waals surface area contributed by atoms with Crippen LogP contribution in [0.2, 0.25) is 0 Å². The van der Waals surface area contributed by atoms with E-state index in [4.69, 9.17) is 9.47 Å². The lowest BCUT2D eigenvalue weighted by molar-refractivity contribution is 0.0918. The highest BCUT2D eigenvalue weighted by Gasteiger charge is 2.25. The van der Waals surface area contributed by atoms with Gasteiger partial charge >= 0.3 is 0 Å². The molecule has 5 heteroatoms. The molecule has 1 aromatic carbocycles. The minimum Gasteiger partial charge on any atom is -0.493 e. The Morgan fingerprint density at radius 2 is 1.21 bits per heavy atom. The van der Waals surface area contributed by atoms with Crippen LogP contribution in [0.3, 0.4) is 0 Å². The van der Waals surface area contributed by atoms with Gasteiger partial charge in [-0.05, 0) is 56.9 Å². The van der Waals surface area contributed by atoms with Gasteiger partial charge in [0.2, 0.25) is 0 Å². The maximum absolute atomic E-state index is 13.6. The van der Waals surface area contributed by atoms with Crippen LogP contribution < -0.4 is 14.8 Å². The summed E-state index contributed by atoms with van der Waals surface area (Å²) in [6.45, 7) is 9.99. The number of nitrogens with one attached hydrogen (secondary N) is 1. The Hall–Kier alpha value is -2.04. The molecule has 1 aromatic rings. The van der Waals surface area contributed by atoms with Crippen LogP contribution in [0.4, 0.5) is 0 Å². The normalized spacial score (nSPS) is 17.1. The van der Waals surface area contributed by atoms with Gasteiger partial charge in [0.15, 0.2) is 5.78 Å². The molecule has 1 aliphatic rings. The third kappa shape index (κ3) is 12.8. The lowest BCUT2D eigenvalue weighted by Crippen LogP contribution is -2.37. The van der Waals surface area contributed by atoms with Crippen molar-refractivity contribution in [2.75, 3.05) is 13.2 Å². The smallest absolute Gasteiger partial charge is 0.255 e. The molecule has 0 unspecified atom stereocenters. The summed E-state index contributed by atoms with van der Waals surface area (Å²) in [4.78, 5) is 26.9. The summed E-state index contributed by atoms with van der Waals surface area (Å²) < 4.78 is 12.4. The number of carbonyl (C=O) groups is 2. The van der Waals surface area contributed by atoms with E-state index in [1.807, 2.05) is 6.07 Å². The highest BCUT2D eigenvalue weighted by atomic mass is 16.5. The minimum atomic E-state index is -0.135. The van der Waals surface area contributed by atoms with Gasteiger partial charge in [-0.3, -0.25) is 9.59 Å². The first kappa shape index (κ1) is 33.2. The van der Waals surface area contributed by atoms with Gasteiger partial charge in [0, 0.05) is 18.5 Å². The molecule has 1 amide bonds. The highest BCUT2D eigenvalue weighted by Crippen LogP contribution is 2.32. The first-order chi connectivity index (χ1) is 19.0. The second-order valence-electron chi connectivity index (χ2n) is 11.7. The molecular formula is C34H57NO4. The fourth-order valence-electron chi connectivity index (χ4n) is 5.31. The van der Waals surface area contributed by atoms with Crippen molar-refractivity contribution in [1.29, 1.82) is 0 Å². The summed E-state index contributed by atoms with van der Waals surface area (Å²) >= 11 is 0. The zero-order chi connectivity index (χ0) is 28.3. The molecule has 39 heavy (non-hydrogen) atoms. The van der Waals surface area contributed by atoms with E-state index in [-0.39, 0.29) is 17.7 Å². The third-order valence-electron chi connectivity index (χ3n) is 8.00. The summed E-state index contributed by atoms with van der Waals surface area (Å²) in [6, 6.07) is 3.76. The fraction of sp³-hybridized carbons (Fsp3) is 0.765. The SMILES string of the molecule is CCCCCCCOc1cc(OCCCCCC)c(C(=O)NC2CCC(C)CC2)cc1C(=O)CCCCCC. The minimum absolute atomic E-state index is 0.0575. The average molecular weight is 544 g/mol. The monoisotopic (exact) mass is 543 g/mol. The van der Waals surface area contributed by atoms with E-state index in [0.717, 1.165) is 83.0 Å². The Bertz CT molecular complexity index is 829. The summed E-state index contributed by atoms with van der Waals surface area (Å²) in [7, 11) is 0. The molecule has 1 fully saturated rings. The Morgan fingerprint density at radius 3 is 1.79 bits per heavy atom. The Balaban J connectivity index is 2.26. The lowest BCUT2D eigenvalue weighted by atomic mass is 9.87. The maximum Gasteiger partial charge on any atom is 0.255 e. The lowest BCUT2D eigenvalue weighted by Gasteiger charge is -2.27. The van der Waals surface area contributed by atoms with Crippen molar-refractivity contribution >= 4 is 11.7 Å². The van der Waals surface area contributed by atoms with Gasteiger partial charge < -0.3 is 14.8 Å². The quantitative estimate of drug-likeness (QED) is 0.124. The molecule has 222 valence electrons. The van der Waals surface area contributed by atoms with E-state index in [1.54, 1.807) is 6.07 Å². The van der Waals surface area contributed by atoms with E-state index >= 15 is 0 Å². The van der Waals surface area contributed by atoms with Crippen molar-refractivity contribution in [3.05, 3.63) is 23.3 Å². The fourth-order valence-corrected chi connectivity index (χ4v) is 5.31. The van der Waals surface area contributed by atoms with Gasteiger partial charge in [-0.15, -0.1) is 0 Å². The van der Waals surface area contributed by atoms with Gasteiger partial charge in [-0.25, -0.2) is 0 Å². The van der Waals surface area contributed by atoms with Crippen molar-refractivity contribution in [2.24, 2.45) is 5.92 Å². The van der Waals surface area contributed by atoms with E-state index < -0.39 is 0 Å². The summed E-state index contributed by atoms with van der Waals surface area (Å²) in [6.07, 6.45) is 19.0. The van der Waals surface area contributed by atoms with E-state index in [0.29, 0.717) is 42.3 Å². The molecule has 0 bridgehead atoms.